The molecule has 0 atom stereocenters. The number of hydrogen-bond acceptors (Lipinski definition) is 2. The van der Waals surface area contributed by atoms with Crippen LogP contribution in [0, 0.1) is 0 Å². The lowest BCUT2D eigenvalue weighted by molar-refractivity contribution is 0.303. The van der Waals surface area contributed by atoms with Gasteiger partial charge < -0.3 is 10.8 Å². The van der Waals surface area contributed by atoms with E-state index in [1.165, 1.54) is 0 Å². The van der Waals surface area contributed by atoms with E-state index in [-0.39, 0.29) is 6.61 Å². The number of rotatable bonds is 4. The molecule has 1 aromatic rings. The standard InChI is InChI=1S/C11H15NO/c12-9-11-7-2-1-5-10(11)6-3-4-8-13/h1-3,5-7,13H,4,8-9,12H2. The van der Waals surface area contributed by atoms with E-state index in [2.05, 4.69) is 0 Å². The molecular weight excluding hydrogens is 162 g/mol. The van der Waals surface area contributed by atoms with Crippen molar-refractivity contribution in [2.24, 2.45) is 5.73 Å². The highest BCUT2D eigenvalue weighted by Crippen LogP contribution is 2.09. The average molecular weight is 177 g/mol. The largest absolute Gasteiger partial charge is 0.396 e. The monoisotopic (exact) mass is 177 g/mol. The molecule has 2 nitrogen and oxygen atoms in total. The van der Waals surface area contributed by atoms with Gasteiger partial charge in [0, 0.05) is 13.2 Å². The highest BCUT2D eigenvalue weighted by molar-refractivity contribution is 5.53. The molecule has 0 fully saturated rings. The van der Waals surface area contributed by atoms with Crippen LogP contribution in [-0.2, 0) is 6.54 Å². The third kappa shape index (κ3) is 3.01. The fourth-order valence-electron chi connectivity index (χ4n) is 1.17. The van der Waals surface area contributed by atoms with Crippen molar-refractivity contribution < 1.29 is 5.11 Å². The van der Waals surface area contributed by atoms with Crippen molar-refractivity contribution in [3.8, 4) is 0 Å². The van der Waals surface area contributed by atoms with Crippen LogP contribution in [0.15, 0.2) is 30.3 Å². The van der Waals surface area contributed by atoms with Gasteiger partial charge in [0.05, 0.1) is 0 Å². The maximum atomic E-state index is 8.59. The van der Waals surface area contributed by atoms with E-state index in [0.717, 1.165) is 11.1 Å². The summed E-state index contributed by atoms with van der Waals surface area (Å²) in [6.45, 7) is 0.751. The Kier molecular flexibility index (Phi) is 4.23. The summed E-state index contributed by atoms with van der Waals surface area (Å²) in [5.41, 5.74) is 7.84. The normalized spacial score (nSPS) is 10.9. The van der Waals surface area contributed by atoms with Gasteiger partial charge in [-0.2, -0.15) is 0 Å². The van der Waals surface area contributed by atoms with Gasteiger partial charge in [-0.3, -0.25) is 0 Å². The number of hydrogen-bond donors (Lipinski definition) is 2. The van der Waals surface area contributed by atoms with Gasteiger partial charge in [-0.05, 0) is 17.5 Å². The predicted octanol–water partition coefficient (Wildman–Crippen LogP) is 1.54. The van der Waals surface area contributed by atoms with Crippen LogP contribution in [0.4, 0.5) is 0 Å². The number of benzene rings is 1. The van der Waals surface area contributed by atoms with Crippen molar-refractivity contribution in [2.45, 2.75) is 13.0 Å². The summed E-state index contributed by atoms with van der Waals surface area (Å²) in [5, 5.41) is 8.59. The van der Waals surface area contributed by atoms with Gasteiger partial charge >= 0.3 is 0 Å². The zero-order valence-corrected chi connectivity index (χ0v) is 7.61. The van der Waals surface area contributed by atoms with Gasteiger partial charge in [-0.25, -0.2) is 0 Å². The second-order valence-electron chi connectivity index (χ2n) is 2.82. The maximum Gasteiger partial charge on any atom is 0.0465 e. The Morgan fingerprint density at radius 2 is 2.08 bits per heavy atom. The second-order valence-corrected chi connectivity index (χ2v) is 2.82. The van der Waals surface area contributed by atoms with Crippen molar-refractivity contribution in [2.75, 3.05) is 6.61 Å². The first kappa shape index (κ1) is 9.96. The first-order valence-corrected chi connectivity index (χ1v) is 4.44. The topological polar surface area (TPSA) is 46.2 Å². The smallest absolute Gasteiger partial charge is 0.0465 e. The third-order valence-electron chi connectivity index (χ3n) is 1.87. The summed E-state index contributed by atoms with van der Waals surface area (Å²) in [4.78, 5) is 0. The van der Waals surface area contributed by atoms with Gasteiger partial charge in [0.1, 0.15) is 0 Å². The highest BCUT2D eigenvalue weighted by Gasteiger charge is 1.93. The Bertz CT molecular complexity index is 281. The quantitative estimate of drug-likeness (QED) is 0.732. The SMILES string of the molecule is NCc1ccccc1C=CCCO. The van der Waals surface area contributed by atoms with Crippen molar-refractivity contribution in [3.63, 3.8) is 0 Å². The number of nitrogens with two attached hydrogens (primary N) is 1. The number of aliphatic hydroxyl groups is 1. The van der Waals surface area contributed by atoms with E-state index >= 15 is 0 Å². The molecule has 0 saturated heterocycles. The van der Waals surface area contributed by atoms with Crippen molar-refractivity contribution in [3.05, 3.63) is 41.5 Å². The highest BCUT2D eigenvalue weighted by atomic mass is 16.2. The molecule has 0 unspecified atom stereocenters. The van der Waals surface area contributed by atoms with Crippen LogP contribution in [0.1, 0.15) is 17.5 Å². The molecule has 0 aliphatic rings. The fraction of sp³-hybridized carbons (Fsp3) is 0.273. The molecule has 0 aliphatic heterocycles. The zero-order chi connectivity index (χ0) is 9.52. The molecule has 70 valence electrons. The van der Waals surface area contributed by atoms with Crippen molar-refractivity contribution >= 4 is 6.08 Å². The van der Waals surface area contributed by atoms with E-state index in [9.17, 15) is 0 Å². The second kappa shape index (κ2) is 5.51. The van der Waals surface area contributed by atoms with Gasteiger partial charge in [0.2, 0.25) is 0 Å². The molecule has 0 amide bonds. The lowest BCUT2D eigenvalue weighted by atomic mass is 10.1. The summed E-state index contributed by atoms with van der Waals surface area (Å²) in [6, 6.07) is 8.00. The molecule has 13 heavy (non-hydrogen) atoms. The Morgan fingerprint density at radius 1 is 1.31 bits per heavy atom. The molecule has 0 heterocycles. The average Bonchev–Trinajstić information content (AvgIpc) is 2.19. The van der Waals surface area contributed by atoms with E-state index in [0.29, 0.717) is 13.0 Å². The van der Waals surface area contributed by atoms with Crippen LogP contribution in [-0.4, -0.2) is 11.7 Å². The van der Waals surface area contributed by atoms with E-state index < -0.39 is 0 Å². The first-order valence-electron chi connectivity index (χ1n) is 4.44. The van der Waals surface area contributed by atoms with Crippen molar-refractivity contribution in [1.82, 2.24) is 0 Å². The molecule has 0 spiro atoms. The minimum absolute atomic E-state index is 0.196. The van der Waals surface area contributed by atoms with E-state index in [1.807, 2.05) is 36.4 Å². The van der Waals surface area contributed by atoms with Crippen LogP contribution < -0.4 is 5.73 Å². The minimum atomic E-state index is 0.196. The van der Waals surface area contributed by atoms with E-state index in [4.69, 9.17) is 10.8 Å². The van der Waals surface area contributed by atoms with Crippen LogP contribution in [0.5, 0.6) is 0 Å². The van der Waals surface area contributed by atoms with Crippen LogP contribution in [0.25, 0.3) is 6.08 Å². The summed E-state index contributed by atoms with van der Waals surface area (Å²) in [6.07, 6.45) is 4.64. The van der Waals surface area contributed by atoms with Gasteiger partial charge in [0.15, 0.2) is 0 Å². The molecule has 0 saturated carbocycles. The minimum Gasteiger partial charge on any atom is -0.396 e. The Hall–Kier alpha value is -1.12. The van der Waals surface area contributed by atoms with Crippen LogP contribution in [0.3, 0.4) is 0 Å². The Labute approximate surface area is 78.7 Å². The molecule has 1 rings (SSSR count). The van der Waals surface area contributed by atoms with Gasteiger partial charge in [-0.15, -0.1) is 0 Å². The lowest BCUT2D eigenvalue weighted by Crippen LogP contribution is -1.98. The predicted molar refractivity (Wildman–Crippen MR) is 55.1 cm³/mol. The Morgan fingerprint density at radius 3 is 2.77 bits per heavy atom. The zero-order valence-electron chi connectivity index (χ0n) is 7.61. The summed E-state index contributed by atoms with van der Waals surface area (Å²) in [5.74, 6) is 0. The summed E-state index contributed by atoms with van der Waals surface area (Å²) < 4.78 is 0. The van der Waals surface area contributed by atoms with Crippen LogP contribution in [0.2, 0.25) is 0 Å². The molecule has 1 aromatic carbocycles. The molecule has 0 aliphatic carbocycles. The maximum absolute atomic E-state index is 8.59. The molecular formula is C11H15NO. The first-order chi connectivity index (χ1) is 6.38. The van der Waals surface area contributed by atoms with Gasteiger partial charge in [0.25, 0.3) is 0 Å². The molecule has 2 heteroatoms. The Balaban J connectivity index is 2.74. The lowest BCUT2D eigenvalue weighted by Gasteiger charge is -2.01. The van der Waals surface area contributed by atoms with Crippen LogP contribution >= 0.6 is 0 Å². The molecule has 0 radical (unpaired) electrons. The molecule has 0 aromatic heterocycles. The molecule has 0 bridgehead atoms. The third-order valence-corrected chi connectivity index (χ3v) is 1.87. The van der Waals surface area contributed by atoms with Gasteiger partial charge in [-0.1, -0.05) is 36.4 Å². The van der Waals surface area contributed by atoms with E-state index in [1.54, 1.807) is 0 Å². The summed E-state index contributed by atoms with van der Waals surface area (Å²) in [7, 11) is 0. The summed E-state index contributed by atoms with van der Waals surface area (Å²) >= 11 is 0. The van der Waals surface area contributed by atoms with Crippen molar-refractivity contribution in [1.29, 1.82) is 0 Å². The molecule has 3 N–H and O–H groups in total. The fourth-order valence-corrected chi connectivity index (χ4v) is 1.17. The number of aliphatic hydroxyl groups excluding tert-OH is 1.